The van der Waals surface area contributed by atoms with Crippen molar-refractivity contribution < 1.29 is 0 Å². The summed E-state index contributed by atoms with van der Waals surface area (Å²) in [6, 6.07) is 1.63. The maximum Gasteiger partial charge on any atom is 0.0192 e. The number of nitrogens with zero attached hydrogens (tertiary/aromatic N) is 1. The minimum absolute atomic E-state index is 0.740. The second-order valence-corrected chi connectivity index (χ2v) is 6.94. The van der Waals surface area contributed by atoms with E-state index in [0.29, 0.717) is 0 Å². The zero-order chi connectivity index (χ0) is 13.0. The SMILES string of the molecule is CNC1CCCN(C2CCCC(CC(C)C)C2)C1. The van der Waals surface area contributed by atoms with Gasteiger partial charge in [-0.15, -0.1) is 0 Å². The summed E-state index contributed by atoms with van der Waals surface area (Å²) in [6.45, 7) is 7.38. The minimum atomic E-state index is 0.740. The van der Waals surface area contributed by atoms with Gasteiger partial charge >= 0.3 is 0 Å². The minimum Gasteiger partial charge on any atom is -0.316 e. The van der Waals surface area contributed by atoms with Crippen LogP contribution in [0.5, 0.6) is 0 Å². The van der Waals surface area contributed by atoms with Gasteiger partial charge in [0.25, 0.3) is 0 Å². The highest BCUT2D eigenvalue weighted by Crippen LogP contribution is 2.32. The van der Waals surface area contributed by atoms with Gasteiger partial charge in [0.1, 0.15) is 0 Å². The molecular formula is C16H32N2. The fourth-order valence-corrected chi connectivity index (χ4v) is 4.05. The first-order valence-electron chi connectivity index (χ1n) is 8.10. The zero-order valence-electron chi connectivity index (χ0n) is 12.6. The topological polar surface area (TPSA) is 15.3 Å². The molecule has 0 radical (unpaired) electrons. The van der Waals surface area contributed by atoms with Gasteiger partial charge in [-0.05, 0) is 57.5 Å². The molecule has 2 heteroatoms. The molecule has 18 heavy (non-hydrogen) atoms. The van der Waals surface area contributed by atoms with Crippen molar-refractivity contribution >= 4 is 0 Å². The third kappa shape index (κ3) is 3.96. The lowest BCUT2D eigenvalue weighted by molar-refractivity contribution is 0.0892. The Labute approximate surface area is 114 Å². The Morgan fingerprint density at radius 3 is 2.72 bits per heavy atom. The monoisotopic (exact) mass is 252 g/mol. The van der Waals surface area contributed by atoms with Crippen molar-refractivity contribution in [2.75, 3.05) is 20.1 Å². The van der Waals surface area contributed by atoms with Crippen LogP contribution in [0.1, 0.15) is 58.8 Å². The summed E-state index contributed by atoms with van der Waals surface area (Å²) < 4.78 is 0. The van der Waals surface area contributed by atoms with Gasteiger partial charge in [-0.2, -0.15) is 0 Å². The predicted molar refractivity (Wildman–Crippen MR) is 78.9 cm³/mol. The standard InChI is InChI=1S/C16H32N2/c1-13(2)10-14-6-4-8-16(11-14)18-9-5-7-15(12-18)17-3/h13-17H,4-12H2,1-3H3. The molecule has 1 aliphatic heterocycles. The molecule has 1 saturated carbocycles. The second kappa shape index (κ2) is 6.91. The molecule has 2 fully saturated rings. The van der Waals surface area contributed by atoms with Gasteiger partial charge in [-0.3, -0.25) is 4.90 Å². The molecule has 1 N–H and O–H groups in total. The molecule has 1 aliphatic carbocycles. The van der Waals surface area contributed by atoms with Crippen LogP contribution in [0.2, 0.25) is 0 Å². The van der Waals surface area contributed by atoms with Crippen molar-refractivity contribution in [2.24, 2.45) is 11.8 Å². The lowest BCUT2D eigenvalue weighted by atomic mass is 9.80. The van der Waals surface area contributed by atoms with Gasteiger partial charge in [-0.1, -0.05) is 26.7 Å². The Bertz CT molecular complexity index is 239. The normalized spacial score (nSPS) is 35.0. The van der Waals surface area contributed by atoms with Crippen LogP contribution in [0.15, 0.2) is 0 Å². The number of hydrogen-bond acceptors (Lipinski definition) is 2. The van der Waals surface area contributed by atoms with Crippen LogP contribution in [-0.4, -0.2) is 37.1 Å². The van der Waals surface area contributed by atoms with E-state index in [0.717, 1.165) is 23.9 Å². The highest BCUT2D eigenvalue weighted by molar-refractivity contribution is 4.86. The molecular weight excluding hydrogens is 220 g/mol. The highest BCUT2D eigenvalue weighted by Gasteiger charge is 2.29. The van der Waals surface area contributed by atoms with Crippen molar-refractivity contribution in [3.8, 4) is 0 Å². The highest BCUT2D eigenvalue weighted by atomic mass is 15.2. The maximum absolute atomic E-state index is 3.47. The third-order valence-electron chi connectivity index (χ3n) is 4.94. The summed E-state index contributed by atoms with van der Waals surface area (Å²) >= 11 is 0. The summed E-state index contributed by atoms with van der Waals surface area (Å²) in [5, 5.41) is 3.47. The lowest BCUT2D eigenvalue weighted by Crippen LogP contribution is -2.50. The fraction of sp³-hybridized carbons (Fsp3) is 1.00. The summed E-state index contributed by atoms with van der Waals surface area (Å²) in [5.41, 5.74) is 0. The van der Waals surface area contributed by atoms with Crippen molar-refractivity contribution in [3.05, 3.63) is 0 Å². The Hall–Kier alpha value is -0.0800. The number of piperidine rings is 1. The zero-order valence-corrected chi connectivity index (χ0v) is 12.6. The van der Waals surface area contributed by atoms with E-state index in [-0.39, 0.29) is 0 Å². The van der Waals surface area contributed by atoms with Crippen LogP contribution in [-0.2, 0) is 0 Å². The second-order valence-electron chi connectivity index (χ2n) is 6.94. The van der Waals surface area contributed by atoms with Crippen LogP contribution in [0.4, 0.5) is 0 Å². The van der Waals surface area contributed by atoms with Crippen LogP contribution >= 0.6 is 0 Å². The van der Waals surface area contributed by atoms with E-state index < -0.39 is 0 Å². The molecule has 0 spiro atoms. The Morgan fingerprint density at radius 2 is 2.00 bits per heavy atom. The van der Waals surface area contributed by atoms with Gasteiger partial charge in [0.15, 0.2) is 0 Å². The van der Waals surface area contributed by atoms with Crippen molar-refractivity contribution in [1.82, 2.24) is 10.2 Å². The first-order valence-corrected chi connectivity index (χ1v) is 8.10. The fourth-order valence-electron chi connectivity index (χ4n) is 4.05. The van der Waals surface area contributed by atoms with Gasteiger partial charge in [0.2, 0.25) is 0 Å². The molecule has 3 atom stereocenters. The van der Waals surface area contributed by atoms with Crippen molar-refractivity contribution in [2.45, 2.75) is 70.9 Å². The van der Waals surface area contributed by atoms with E-state index in [9.17, 15) is 0 Å². The largest absolute Gasteiger partial charge is 0.316 e. The molecule has 2 aliphatic rings. The van der Waals surface area contributed by atoms with Crippen LogP contribution in [0, 0.1) is 11.8 Å². The van der Waals surface area contributed by atoms with Gasteiger partial charge in [0.05, 0.1) is 0 Å². The van der Waals surface area contributed by atoms with E-state index in [1.165, 1.54) is 58.0 Å². The molecule has 1 heterocycles. The molecule has 2 rings (SSSR count). The van der Waals surface area contributed by atoms with E-state index in [4.69, 9.17) is 0 Å². The first-order chi connectivity index (χ1) is 8.69. The van der Waals surface area contributed by atoms with E-state index in [2.05, 4.69) is 31.1 Å². The summed E-state index contributed by atoms with van der Waals surface area (Å²) in [4.78, 5) is 2.79. The molecule has 0 aromatic carbocycles. The summed E-state index contributed by atoms with van der Waals surface area (Å²) in [6.07, 6.45) is 10.1. The molecule has 106 valence electrons. The molecule has 3 unspecified atom stereocenters. The number of rotatable bonds is 4. The summed E-state index contributed by atoms with van der Waals surface area (Å²) in [7, 11) is 2.12. The number of likely N-dealkylation sites (N-methyl/N-ethyl adjacent to an activating group) is 1. The van der Waals surface area contributed by atoms with E-state index in [1.54, 1.807) is 0 Å². The van der Waals surface area contributed by atoms with Crippen LogP contribution < -0.4 is 5.32 Å². The average Bonchev–Trinajstić information content (AvgIpc) is 2.38. The van der Waals surface area contributed by atoms with E-state index >= 15 is 0 Å². The van der Waals surface area contributed by atoms with Gasteiger partial charge in [-0.25, -0.2) is 0 Å². The van der Waals surface area contributed by atoms with E-state index in [1.807, 2.05) is 0 Å². The van der Waals surface area contributed by atoms with Gasteiger partial charge in [0, 0.05) is 18.6 Å². The van der Waals surface area contributed by atoms with Crippen LogP contribution in [0.3, 0.4) is 0 Å². The third-order valence-corrected chi connectivity index (χ3v) is 4.94. The van der Waals surface area contributed by atoms with Crippen molar-refractivity contribution in [1.29, 1.82) is 0 Å². The quantitative estimate of drug-likeness (QED) is 0.826. The Morgan fingerprint density at radius 1 is 1.17 bits per heavy atom. The Kier molecular flexibility index (Phi) is 5.50. The molecule has 0 aromatic rings. The number of hydrogen-bond donors (Lipinski definition) is 1. The molecule has 0 bridgehead atoms. The molecule has 2 nitrogen and oxygen atoms in total. The smallest absolute Gasteiger partial charge is 0.0192 e. The Balaban J connectivity index is 1.84. The number of likely N-dealkylation sites (tertiary alicyclic amines) is 1. The lowest BCUT2D eigenvalue weighted by Gasteiger charge is -2.42. The molecule has 0 amide bonds. The average molecular weight is 252 g/mol. The van der Waals surface area contributed by atoms with Crippen molar-refractivity contribution in [3.63, 3.8) is 0 Å². The molecule has 0 aromatic heterocycles. The number of nitrogens with one attached hydrogen (secondary N) is 1. The molecule has 1 saturated heterocycles. The first kappa shape index (κ1) is 14.3. The van der Waals surface area contributed by atoms with Crippen LogP contribution in [0.25, 0.3) is 0 Å². The summed E-state index contributed by atoms with van der Waals surface area (Å²) in [5.74, 6) is 1.87. The maximum atomic E-state index is 3.47. The predicted octanol–water partition coefficient (Wildman–Crippen LogP) is 3.28. The van der Waals surface area contributed by atoms with Gasteiger partial charge < -0.3 is 5.32 Å².